The van der Waals surface area contributed by atoms with Gasteiger partial charge in [0.2, 0.25) is 0 Å². The molecular formula is C23H24P+. The van der Waals surface area contributed by atoms with Gasteiger partial charge in [-0.3, -0.25) is 0 Å². The Morgan fingerprint density at radius 3 is 1.96 bits per heavy atom. The number of hydrogen-bond acceptors (Lipinski definition) is 0. The minimum atomic E-state index is -1.40. The first-order chi connectivity index (χ1) is 11.7. The van der Waals surface area contributed by atoms with Crippen molar-refractivity contribution in [3.8, 4) is 0 Å². The molecule has 0 saturated carbocycles. The average molecular weight is 331 g/mol. The van der Waals surface area contributed by atoms with Gasteiger partial charge in [-0.05, 0) is 42.3 Å². The topological polar surface area (TPSA) is 0 Å². The van der Waals surface area contributed by atoms with E-state index in [-0.39, 0.29) is 0 Å². The van der Waals surface area contributed by atoms with Gasteiger partial charge in [0.15, 0.2) is 0 Å². The Kier molecular flexibility index (Phi) is 4.02. The molecule has 24 heavy (non-hydrogen) atoms. The van der Waals surface area contributed by atoms with Crippen LogP contribution in [0.3, 0.4) is 0 Å². The van der Waals surface area contributed by atoms with Crippen molar-refractivity contribution in [2.45, 2.75) is 25.9 Å². The first-order valence-corrected chi connectivity index (χ1v) is 10.9. The maximum Gasteiger partial charge on any atom is 0.0995 e. The highest BCUT2D eigenvalue weighted by atomic mass is 31.2. The molecule has 0 aromatic heterocycles. The van der Waals surface area contributed by atoms with E-state index in [1.54, 1.807) is 21.7 Å². The highest BCUT2D eigenvalue weighted by Crippen LogP contribution is 2.64. The molecule has 1 atom stereocenters. The molecule has 0 nitrogen and oxygen atoms in total. The summed E-state index contributed by atoms with van der Waals surface area (Å²) in [6.45, 7) is 4.62. The zero-order valence-electron chi connectivity index (χ0n) is 14.4. The summed E-state index contributed by atoms with van der Waals surface area (Å²) in [5, 5.41) is 3.10. The lowest BCUT2D eigenvalue weighted by Gasteiger charge is -2.35. The van der Waals surface area contributed by atoms with Gasteiger partial charge in [0.1, 0.15) is 0 Å². The van der Waals surface area contributed by atoms with Gasteiger partial charge in [0, 0.05) is 5.92 Å². The quantitative estimate of drug-likeness (QED) is 0.560. The Bertz CT molecular complexity index is 797. The smallest absolute Gasteiger partial charge is 0.0620 e. The van der Waals surface area contributed by atoms with Gasteiger partial charge >= 0.3 is 0 Å². The normalized spacial score (nSPS) is 18.8. The van der Waals surface area contributed by atoms with Crippen LogP contribution >= 0.6 is 7.26 Å². The van der Waals surface area contributed by atoms with Crippen LogP contribution in [0.4, 0.5) is 0 Å². The molecule has 0 saturated heterocycles. The van der Waals surface area contributed by atoms with Crippen LogP contribution in [0.25, 0.3) is 0 Å². The summed E-state index contributed by atoms with van der Waals surface area (Å²) in [5.41, 5.74) is 4.50. The molecular weight excluding hydrogens is 307 g/mol. The van der Waals surface area contributed by atoms with Crippen molar-refractivity contribution in [2.24, 2.45) is 0 Å². The van der Waals surface area contributed by atoms with E-state index < -0.39 is 7.26 Å². The summed E-state index contributed by atoms with van der Waals surface area (Å²) >= 11 is 0. The monoisotopic (exact) mass is 331 g/mol. The van der Waals surface area contributed by atoms with Crippen LogP contribution in [0.1, 0.15) is 29.5 Å². The second kappa shape index (κ2) is 6.19. The number of fused-ring (bicyclic) bond motifs is 1. The maximum atomic E-state index is 2.42. The van der Waals surface area contributed by atoms with Crippen LogP contribution in [0, 0.1) is 6.92 Å². The van der Waals surface area contributed by atoms with E-state index in [9.17, 15) is 0 Å². The van der Waals surface area contributed by atoms with E-state index in [0.29, 0.717) is 5.92 Å². The third-order valence-corrected chi connectivity index (χ3v) is 9.98. The first kappa shape index (κ1) is 15.6. The molecule has 1 heterocycles. The predicted molar refractivity (Wildman–Crippen MR) is 107 cm³/mol. The van der Waals surface area contributed by atoms with Crippen molar-refractivity contribution in [1.29, 1.82) is 0 Å². The minimum Gasteiger partial charge on any atom is -0.0620 e. The standard InChI is InChI=1S/C23H24P/c1-18-13-14-23-19(2)16-24(17-20(23)15-18,21-9-5-3-6-10-21)22-11-7-4-8-12-22/h3-15,19H,16-17H2,1-2H3/q+1/t19-/m1/s1. The summed E-state index contributed by atoms with van der Waals surface area (Å²) in [7, 11) is -1.40. The van der Waals surface area contributed by atoms with Crippen LogP contribution < -0.4 is 10.6 Å². The van der Waals surface area contributed by atoms with Crippen molar-refractivity contribution in [3.63, 3.8) is 0 Å². The van der Waals surface area contributed by atoms with E-state index in [1.807, 2.05) is 0 Å². The maximum absolute atomic E-state index is 2.42. The van der Waals surface area contributed by atoms with E-state index in [4.69, 9.17) is 0 Å². The van der Waals surface area contributed by atoms with Gasteiger partial charge in [-0.1, -0.05) is 67.1 Å². The van der Waals surface area contributed by atoms with Crippen molar-refractivity contribution in [2.75, 3.05) is 6.16 Å². The van der Waals surface area contributed by atoms with Crippen LogP contribution in [0.5, 0.6) is 0 Å². The summed E-state index contributed by atoms with van der Waals surface area (Å²) in [6, 6.07) is 29.6. The Morgan fingerprint density at radius 2 is 1.38 bits per heavy atom. The fourth-order valence-electron chi connectivity index (χ4n) is 4.24. The number of rotatable bonds is 2. The van der Waals surface area contributed by atoms with Crippen LogP contribution in [-0.4, -0.2) is 6.16 Å². The third kappa shape index (κ3) is 2.60. The van der Waals surface area contributed by atoms with Gasteiger partial charge in [0.05, 0.1) is 30.2 Å². The van der Waals surface area contributed by atoms with Crippen molar-refractivity contribution >= 4 is 17.9 Å². The minimum absolute atomic E-state index is 0.614. The number of hydrogen-bond donors (Lipinski definition) is 0. The Labute approximate surface area is 145 Å². The molecule has 120 valence electrons. The molecule has 1 heteroatoms. The molecule has 0 radical (unpaired) electrons. The molecule has 0 spiro atoms. The highest BCUT2D eigenvalue weighted by molar-refractivity contribution is 7.89. The fourth-order valence-corrected chi connectivity index (χ4v) is 8.93. The second-order valence-corrected chi connectivity index (χ2v) is 10.7. The van der Waals surface area contributed by atoms with E-state index in [2.05, 4.69) is 92.7 Å². The Morgan fingerprint density at radius 1 is 0.792 bits per heavy atom. The summed E-state index contributed by atoms with van der Waals surface area (Å²) in [4.78, 5) is 0. The third-order valence-electron chi connectivity index (χ3n) is 5.36. The summed E-state index contributed by atoms with van der Waals surface area (Å²) in [5.74, 6) is 0.614. The van der Waals surface area contributed by atoms with Gasteiger partial charge in [-0.15, -0.1) is 0 Å². The molecule has 0 bridgehead atoms. The lowest BCUT2D eigenvalue weighted by Crippen LogP contribution is -2.31. The predicted octanol–water partition coefficient (Wildman–Crippen LogP) is 5.28. The van der Waals surface area contributed by atoms with E-state index in [1.165, 1.54) is 17.9 Å². The SMILES string of the molecule is Cc1ccc2c(c1)C[P+](c1ccccc1)(c1ccccc1)C[C@H]2C. The lowest BCUT2D eigenvalue weighted by atomic mass is 9.96. The summed E-state index contributed by atoms with van der Waals surface area (Å²) < 4.78 is 0. The highest BCUT2D eigenvalue weighted by Gasteiger charge is 2.47. The molecule has 3 aromatic carbocycles. The molecule has 1 aliphatic rings. The zero-order chi connectivity index (χ0) is 16.6. The first-order valence-electron chi connectivity index (χ1n) is 8.77. The van der Waals surface area contributed by atoms with Gasteiger partial charge in [-0.25, -0.2) is 0 Å². The molecule has 0 N–H and O–H groups in total. The van der Waals surface area contributed by atoms with Crippen molar-refractivity contribution in [3.05, 3.63) is 95.6 Å². The lowest BCUT2D eigenvalue weighted by molar-refractivity contribution is 0.839. The van der Waals surface area contributed by atoms with Gasteiger partial charge < -0.3 is 0 Å². The van der Waals surface area contributed by atoms with Crippen LogP contribution in [-0.2, 0) is 6.16 Å². The summed E-state index contributed by atoms with van der Waals surface area (Å²) in [6.07, 6.45) is 2.47. The zero-order valence-corrected chi connectivity index (χ0v) is 15.3. The molecule has 1 aliphatic heterocycles. The Hall–Kier alpha value is -1.91. The van der Waals surface area contributed by atoms with Crippen molar-refractivity contribution in [1.82, 2.24) is 0 Å². The molecule has 4 rings (SSSR count). The largest absolute Gasteiger partial charge is 0.0995 e. The van der Waals surface area contributed by atoms with E-state index >= 15 is 0 Å². The van der Waals surface area contributed by atoms with Gasteiger partial charge in [-0.2, -0.15) is 0 Å². The molecule has 0 aliphatic carbocycles. The average Bonchev–Trinajstić information content (AvgIpc) is 2.62. The molecule has 3 aromatic rings. The van der Waals surface area contributed by atoms with Crippen molar-refractivity contribution < 1.29 is 0 Å². The van der Waals surface area contributed by atoms with E-state index in [0.717, 1.165) is 0 Å². The number of aryl methyl sites for hydroxylation is 1. The number of benzene rings is 3. The second-order valence-electron chi connectivity index (χ2n) is 7.08. The van der Waals surface area contributed by atoms with Crippen LogP contribution in [0.15, 0.2) is 78.9 Å². The fraction of sp³-hybridized carbons (Fsp3) is 0.217. The molecule has 0 unspecified atom stereocenters. The Balaban J connectivity index is 1.93. The molecule has 0 fully saturated rings. The van der Waals surface area contributed by atoms with Gasteiger partial charge in [0.25, 0.3) is 0 Å². The van der Waals surface area contributed by atoms with Crippen LogP contribution in [0.2, 0.25) is 0 Å². The molecule has 0 amide bonds.